The molecular weight excluding hydrogens is 214 g/mol. The molecule has 1 rings (SSSR count). The van der Waals surface area contributed by atoms with E-state index in [4.69, 9.17) is 10.8 Å². The van der Waals surface area contributed by atoms with Crippen LogP contribution in [0.25, 0.3) is 0 Å². The van der Waals surface area contributed by atoms with Crippen LogP contribution >= 0.6 is 11.8 Å². The largest absolute Gasteiger partial charge is 0.480 e. The van der Waals surface area contributed by atoms with Crippen LogP contribution in [0.5, 0.6) is 0 Å². The van der Waals surface area contributed by atoms with Crippen molar-refractivity contribution in [3.05, 3.63) is 18.2 Å². The zero-order valence-corrected chi connectivity index (χ0v) is 9.41. The third kappa shape index (κ3) is 3.56. The average molecular weight is 229 g/mol. The lowest BCUT2D eigenvalue weighted by Crippen LogP contribution is -2.32. The maximum absolute atomic E-state index is 10.5. The molecule has 0 aromatic carbocycles. The molecule has 0 saturated heterocycles. The number of hydrogen-bond acceptors (Lipinski definition) is 4. The highest BCUT2D eigenvalue weighted by Gasteiger charge is 2.11. The van der Waals surface area contributed by atoms with Gasteiger partial charge in [0.15, 0.2) is 0 Å². The Bertz CT molecular complexity index is 327. The summed E-state index contributed by atoms with van der Waals surface area (Å²) < 4.78 is 2.03. The van der Waals surface area contributed by atoms with Gasteiger partial charge in [-0.2, -0.15) is 11.8 Å². The van der Waals surface area contributed by atoms with Gasteiger partial charge in [0.05, 0.1) is 5.75 Å². The monoisotopic (exact) mass is 229 g/mol. The second-order valence-corrected chi connectivity index (χ2v) is 4.12. The molecule has 1 atom stereocenters. The molecule has 0 aliphatic rings. The lowest BCUT2D eigenvalue weighted by molar-refractivity contribution is -0.137. The van der Waals surface area contributed by atoms with E-state index in [0.29, 0.717) is 11.5 Å². The smallest absolute Gasteiger partial charge is 0.321 e. The van der Waals surface area contributed by atoms with Crippen LogP contribution in [-0.4, -0.2) is 32.4 Å². The number of aromatic nitrogens is 2. The van der Waals surface area contributed by atoms with Gasteiger partial charge in [0, 0.05) is 24.7 Å². The Labute approximate surface area is 92.7 Å². The molecule has 0 amide bonds. The van der Waals surface area contributed by atoms with Crippen molar-refractivity contribution < 1.29 is 9.90 Å². The van der Waals surface area contributed by atoms with E-state index in [9.17, 15) is 4.79 Å². The Balaban J connectivity index is 2.34. The first-order chi connectivity index (χ1) is 7.15. The standard InChI is InChI=1S/C9H15N3O2S/c1-2-12-4-3-11-8(12)6-15-5-7(10)9(13)14/h3-4,7H,2,5-6,10H2,1H3,(H,13,14). The summed E-state index contributed by atoms with van der Waals surface area (Å²) in [6.45, 7) is 2.92. The molecule has 0 fully saturated rings. The molecule has 3 N–H and O–H groups in total. The number of nitrogens with two attached hydrogens (primary N) is 1. The van der Waals surface area contributed by atoms with Crippen LogP contribution in [0.3, 0.4) is 0 Å². The molecule has 0 bridgehead atoms. The highest BCUT2D eigenvalue weighted by molar-refractivity contribution is 7.98. The third-order valence-corrected chi connectivity index (χ3v) is 3.05. The van der Waals surface area contributed by atoms with E-state index in [0.717, 1.165) is 12.4 Å². The molecule has 0 saturated carbocycles. The highest BCUT2D eigenvalue weighted by atomic mass is 32.2. The topological polar surface area (TPSA) is 81.1 Å². The molecule has 0 radical (unpaired) electrons. The fraction of sp³-hybridized carbons (Fsp3) is 0.556. The van der Waals surface area contributed by atoms with Gasteiger partial charge in [0.25, 0.3) is 0 Å². The van der Waals surface area contributed by atoms with Crippen molar-refractivity contribution in [2.75, 3.05) is 5.75 Å². The summed E-state index contributed by atoms with van der Waals surface area (Å²) in [5, 5.41) is 8.58. The number of rotatable bonds is 6. The Morgan fingerprint density at radius 2 is 2.53 bits per heavy atom. The first kappa shape index (κ1) is 12.1. The summed E-state index contributed by atoms with van der Waals surface area (Å²) in [4.78, 5) is 14.6. The molecule has 0 spiro atoms. The number of carboxylic acid groups (broad SMARTS) is 1. The van der Waals surface area contributed by atoms with Gasteiger partial charge in [-0.1, -0.05) is 0 Å². The number of carbonyl (C=O) groups is 1. The molecule has 5 nitrogen and oxygen atoms in total. The number of aryl methyl sites for hydroxylation is 1. The minimum Gasteiger partial charge on any atom is -0.480 e. The van der Waals surface area contributed by atoms with Crippen molar-refractivity contribution in [1.82, 2.24) is 9.55 Å². The van der Waals surface area contributed by atoms with Crippen LogP contribution in [0.2, 0.25) is 0 Å². The van der Waals surface area contributed by atoms with Gasteiger partial charge >= 0.3 is 5.97 Å². The van der Waals surface area contributed by atoms with Crippen molar-refractivity contribution in [3.63, 3.8) is 0 Å². The average Bonchev–Trinajstić information content (AvgIpc) is 2.65. The summed E-state index contributed by atoms with van der Waals surface area (Å²) >= 11 is 1.49. The second-order valence-electron chi connectivity index (χ2n) is 3.09. The molecule has 1 aromatic heterocycles. The molecule has 1 aromatic rings. The predicted molar refractivity (Wildman–Crippen MR) is 59.7 cm³/mol. The fourth-order valence-corrected chi connectivity index (χ4v) is 2.05. The van der Waals surface area contributed by atoms with Gasteiger partial charge in [-0.3, -0.25) is 4.79 Å². The normalized spacial score (nSPS) is 12.7. The Hall–Kier alpha value is -1.01. The fourth-order valence-electron chi connectivity index (χ4n) is 1.12. The van der Waals surface area contributed by atoms with E-state index in [1.807, 2.05) is 17.7 Å². The van der Waals surface area contributed by atoms with Crippen LogP contribution in [0, 0.1) is 0 Å². The van der Waals surface area contributed by atoms with Crippen molar-refractivity contribution in [2.24, 2.45) is 5.73 Å². The van der Waals surface area contributed by atoms with Gasteiger partial charge in [0.2, 0.25) is 0 Å². The molecule has 84 valence electrons. The van der Waals surface area contributed by atoms with Crippen LogP contribution in [0.1, 0.15) is 12.7 Å². The number of hydrogen-bond donors (Lipinski definition) is 2. The number of thioether (sulfide) groups is 1. The molecule has 1 heterocycles. The van der Waals surface area contributed by atoms with E-state index < -0.39 is 12.0 Å². The lowest BCUT2D eigenvalue weighted by Gasteiger charge is -2.06. The molecule has 0 aliphatic carbocycles. The Morgan fingerprint density at radius 3 is 3.13 bits per heavy atom. The van der Waals surface area contributed by atoms with Crippen LogP contribution in [0.4, 0.5) is 0 Å². The summed E-state index contributed by atoms with van der Waals surface area (Å²) in [5.74, 6) is 1.11. The van der Waals surface area contributed by atoms with Crippen LogP contribution in [-0.2, 0) is 17.1 Å². The zero-order chi connectivity index (χ0) is 11.3. The maximum Gasteiger partial charge on any atom is 0.321 e. The number of nitrogens with zero attached hydrogens (tertiary/aromatic N) is 2. The predicted octanol–water partition coefficient (Wildman–Crippen LogP) is 0.548. The molecule has 0 aliphatic heterocycles. The molecule has 1 unspecified atom stereocenters. The second kappa shape index (κ2) is 5.77. The van der Waals surface area contributed by atoms with E-state index in [-0.39, 0.29) is 0 Å². The summed E-state index contributed by atoms with van der Waals surface area (Å²) in [6.07, 6.45) is 3.66. The number of imidazole rings is 1. The SMILES string of the molecule is CCn1ccnc1CSCC(N)C(=O)O. The summed E-state index contributed by atoms with van der Waals surface area (Å²) in [6, 6.07) is -0.792. The summed E-state index contributed by atoms with van der Waals surface area (Å²) in [5.41, 5.74) is 5.38. The quantitative estimate of drug-likeness (QED) is 0.744. The van der Waals surface area contributed by atoms with Crippen molar-refractivity contribution in [2.45, 2.75) is 25.3 Å². The summed E-state index contributed by atoms with van der Waals surface area (Å²) in [7, 11) is 0. The lowest BCUT2D eigenvalue weighted by atomic mass is 10.4. The van der Waals surface area contributed by atoms with Gasteiger partial charge in [-0.15, -0.1) is 0 Å². The van der Waals surface area contributed by atoms with Gasteiger partial charge in [0.1, 0.15) is 11.9 Å². The molecular formula is C9H15N3O2S. The Morgan fingerprint density at radius 1 is 1.80 bits per heavy atom. The number of carboxylic acids is 1. The first-order valence-corrected chi connectivity index (χ1v) is 5.86. The molecule has 6 heteroatoms. The van der Waals surface area contributed by atoms with E-state index in [1.165, 1.54) is 11.8 Å². The zero-order valence-electron chi connectivity index (χ0n) is 8.59. The van der Waals surface area contributed by atoms with Crippen molar-refractivity contribution in [3.8, 4) is 0 Å². The third-order valence-electron chi connectivity index (χ3n) is 1.99. The van der Waals surface area contributed by atoms with Crippen molar-refractivity contribution in [1.29, 1.82) is 0 Å². The Kier molecular flexibility index (Phi) is 4.64. The van der Waals surface area contributed by atoms with Crippen LogP contribution < -0.4 is 5.73 Å². The van der Waals surface area contributed by atoms with Gasteiger partial charge < -0.3 is 15.4 Å². The maximum atomic E-state index is 10.5. The van der Waals surface area contributed by atoms with Crippen LogP contribution in [0.15, 0.2) is 12.4 Å². The van der Waals surface area contributed by atoms with Gasteiger partial charge in [-0.05, 0) is 6.92 Å². The molecule has 15 heavy (non-hydrogen) atoms. The number of aliphatic carboxylic acids is 1. The highest BCUT2D eigenvalue weighted by Crippen LogP contribution is 2.11. The minimum absolute atomic E-state index is 0.409. The van der Waals surface area contributed by atoms with Gasteiger partial charge in [-0.25, -0.2) is 4.98 Å². The first-order valence-electron chi connectivity index (χ1n) is 4.71. The minimum atomic E-state index is -0.957. The van der Waals surface area contributed by atoms with E-state index in [1.54, 1.807) is 6.20 Å². The van der Waals surface area contributed by atoms with E-state index in [2.05, 4.69) is 4.98 Å². The van der Waals surface area contributed by atoms with E-state index >= 15 is 0 Å². The van der Waals surface area contributed by atoms with Crippen molar-refractivity contribution >= 4 is 17.7 Å².